The van der Waals surface area contributed by atoms with Crippen LogP contribution in [0.1, 0.15) is 17.0 Å². The molecule has 12 nitrogen and oxygen atoms in total. The van der Waals surface area contributed by atoms with E-state index in [1.807, 2.05) is 24.5 Å². The van der Waals surface area contributed by atoms with E-state index in [1.54, 1.807) is 12.1 Å². The first-order chi connectivity index (χ1) is 20.5. The van der Waals surface area contributed by atoms with Gasteiger partial charge in [-0.15, -0.1) is 0 Å². The van der Waals surface area contributed by atoms with Crippen molar-refractivity contribution in [1.29, 1.82) is 0 Å². The Morgan fingerprint density at radius 1 is 1.07 bits per heavy atom. The number of nitro groups is 1. The number of aryl methyl sites for hydroxylation is 1. The molecule has 43 heavy (non-hydrogen) atoms. The zero-order valence-corrected chi connectivity index (χ0v) is 24.5. The number of benzene rings is 3. The third-order valence-corrected chi connectivity index (χ3v) is 8.33. The molecule has 14 heteroatoms. The lowest BCUT2D eigenvalue weighted by molar-refractivity contribution is -0.387. The molecule has 0 aliphatic heterocycles. The normalized spacial score (nSPS) is 11.4. The number of nitrogens with one attached hydrogen (secondary N) is 1. The van der Waals surface area contributed by atoms with Crippen LogP contribution in [0, 0.1) is 29.8 Å². The summed E-state index contributed by atoms with van der Waals surface area (Å²) in [6.07, 6.45) is 1.40. The average Bonchev–Trinajstić information content (AvgIpc) is 3.28. The first-order valence-corrected chi connectivity index (χ1v) is 14.2. The van der Waals surface area contributed by atoms with Gasteiger partial charge in [-0.05, 0) is 62.4 Å². The summed E-state index contributed by atoms with van der Waals surface area (Å²) in [5.74, 6) is -0.786. The lowest BCUT2D eigenvalue weighted by Crippen LogP contribution is -2.40. The molecule has 1 N–H and O–H groups in total. The first kappa shape index (κ1) is 30.7. The van der Waals surface area contributed by atoms with Crippen molar-refractivity contribution in [3.8, 4) is 17.2 Å². The third kappa shape index (κ3) is 6.48. The summed E-state index contributed by atoms with van der Waals surface area (Å²) in [5, 5.41) is 15.7. The van der Waals surface area contributed by atoms with Crippen molar-refractivity contribution in [2.45, 2.75) is 18.7 Å². The van der Waals surface area contributed by atoms with Gasteiger partial charge < -0.3 is 14.0 Å². The summed E-state index contributed by atoms with van der Waals surface area (Å²) in [6, 6.07) is 16.9. The van der Waals surface area contributed by atoms with Crippen molar-refractivity contribution in [3.63, 3.8) is 0 Å². The maximum atomic E-state index is 13.8. The molecule has 0 atom stereocenters. The molecule has 0 fully saturated rings. The Bertz CT molecular complexity index is 1800. The second kappa shape index (κ2) is 12.7. The molecule has 0 saturated carbocycles. The minimum absolute atomic E-state index is 0.0473. The molecule has 1 heterocycles. The molecule has 0 aliphatic rings. The van der Waals surface area contributed by atoms with Gasteiger partial charge in [-0.2, -0.15) is 5.10 Å². The predicted molar refractivity (Wildman–Crippen MR) is 158 cm³/mol. The maximum absolute atomic E-state index is 13.8. The Morgan fingerprint density at radius 2 is 1.77 bits per heavy atom. The number of aromatic nitrogens is 1. The number of anilines is 1. The number of sulfonamides is 1. The van der Waals surface area contributed by atoms with Gasteiger partial charge in [0.25, 0.3) is 21.6 Å². The highest BCUT2D eigenvalue weighted by Gasteiger charge is 2.34. The molecule has 0 spiro atoms. The SMILES string of the molecule is COc1ccc(N(CC(=O)N/N=C\c2cc(C)n(-c3ccc(F)cc3)c2C)S(=O)(=O)c2ccccc2[N+](=O)[O-])c(OC)c1. The first-order valence-electron chi connectivity index (χ1n) is 12.7. The van der Waals surface area contributed by atoms with Crippen molar-refractivity contribution < 1.29 is 32.0 Å². The number of carbonyl (C=O) groups excluding carboxylic acids is 1. The van der Waals surface area contributed by atoms with Crippen LogP contribution in [0.2, 0.25) is 0 Å². The fourth-order valence-corrected chi connectivity index (χ4v) is 6.07. The molecule has 3 aromatic carbocycles. The number of hydrazone groups is 1. The Hall–Kier alpha value is -5.24. The van der Waals surface area contributed by atoms with E-state index >= 15 is 0 Å². The van der Waals surface area contributed by atoms with E-state index in [2.05, 4.69) is 10.5 Å². The summed E-state index contributed by atoms with van der Waals surface area (Å²) >= 11 is 0. The largest absolute Gasteiger partial charge is 0.497 e. The summed E-state index contributed by atoms with van der Waals surface area (Å²) in [4.78, 5) is 23.3. The van der Waals surface area contributed by atoms with Crippen LogP contribution in [-0.2, 0) is 14.8 Å². The highest BCUT2D eigenvalue weighted by Crippen LogP contribution is 2.37. The highest BCUT2D eigenvalue weighted by molar-refractivity contribution is 7.93. The van der Waals surface area contributed by atoms with E-state index in [0.29, 0.717) is 15.6 Å². The monoisotopic (exact) mass is 609 g/mol. The molecule has 4 rings (SSSR count). The number of methoxy groups -OCH3 is 2. The predicted octanol–water partition coefficient (Wildman–Crippen LogP) is 4.50. The zero-order chi connectivity index (χ0) is 31.3. The van der Waals surface area contributed by atoms with Crippen LogP contribution < -0.4 is 19.2 Å². The van der Waals surface area contributed by atoms with Gasteiger partial charge in [0.1, 0.15) is 23.9 Å². The van der Waals surface area contributed by atoms with Crippen LogP contribution in [0.25, 0.3) is 5.69 Å². The van der Waals surface area contributed by atoms with E-state index in [0.717, 1.165) is 29.2 Å². The van der Waals surface area contributed by atoms with Gasteiger partial charge in [-0.25, -0.2) is 18.2 Å². The number of ether oxygens (including phenoxy) is 2. The van der Waals surface area contributed by atoms with E-state index in [1.165, 1.54) is 62.9 Å². The zero-order valence-electron chi connectivity index (χ0n) is 23.6. The van der Waals surface area contributed by atoms with Crippen molar-refractivity contribution >= 4 is 33.5 Å². The molecule has 1 amide bonds. The number of hydrogen-bond donors (Lipinski definition) is 1. The number of halogens is 1. The minimum atomic E-state index is -4.67. The van der Waals surface area contributed by atoms with Gasteiger partial charge in [0.15, 0.2) is 4.90 Å². The molecular formula is C29H28FN5O7S. The number of hydrogen-bond acceptors (Lipinski definition) is 8. The lowest BCUT2D eigenvalue weighted by atomic mass is 10.2. The molecule has 4 aromatic rings. The van der Waals surface area contributed by atoms with Crippen LogP contribution in [0.3, 0.4) is 0 Å². The van der Waals surface area contributed by atoms with Crippen molar-refractivity contribution in [2.24, 2.45) is 5.10 Å². The van der Waals surface area contributed by atoms with Crippen molar-refractivity contribution in [3.05, 3.63) is 106 Å². The van der Waals surface area contributed by atoms with Gasteiger partial charge in [0.05, 0.1) is 31.0 Å². The topological polar surface area (TPSA) is 145 Å². The Kier molecular flexibility index (Phi) is 9.09. The van der Waals surface area contributed by atoms with Gasteiger partial charge >= 0.3 is 0 Å². The van der Waals surface area contributed by atoms with Crippen LogP contribution in [0.4, 0.5) is 15.8 Å². The molecule has 1 aromatic heterocycles. The van der Waals surface area contributed by atoms with Crippen LogP contribution in [-0.4, -0.2) is 50.8 Å². The molecule has 0 aliphatic carbocycles. The standard InChI is InChI=1S/C29H28FN5O7S/c1-19-15-21(20(2)34(19)23-11-9-22(30)10-12-23)17-31-32-29(36)18-33(25-14-13-24(41-3)16-27(25)42-4)43(39,40)28-8-6-5-7-26(28)35(37)38/h5-17H,18H2,1-4H3,(H,32,36)/b31-17-. The molecule has 0 radical (unpaired) electrons. The fourth-order valence-electron chi connectivity index (χ4n) is 4.48. The molecule has 0 bridgehead atoms. The molecule has 0 saturated heterocycles. The average molecular weight is 610 g/mol. The molecular weight excluding hydrogens is 581 g/mol. The van der Waals surface area contributed by atoms with E-state index in [9.17, 15) is 27.7 Å². The number of para-hydroxylation sites is 1. The summed E-state index contributed by atoms with van der Waals surface area (Å²) < 4.78 is 54.2. The van der Waals surface area contributed by atoms with Crippen LogP contribution >= 0.6 is 0 Å². The summed E-state index contributed by atoms with van der Waals surface area (Å²) in [7, 11) is -1.95. The van der Waals surface area contributed by atoms with E-state index < -0.39 is 38.0 Å². The number of nitrogens with zero attached hydrogens (tertiary/aromatic N) is 4. The van der Waals surface area contributed by atoms with E-state index in [-0.39, 0.29) is 17.3 Å². The van der Waals surface area contributed by atoms with Crippen molar-refractivity contribution in [2.75, 3.05) is 25.1 Å². The summed E-state index contributed by atoms with van der Waals surface area (Å²) in [6.45, 7) is 2.90. The summed E-state index contributed by atoms with van der Waals surface area (Å²) in [5.41, 5.74) is 4.62. The van der Waals surface area contributed by atoms with E-state index in [4.69, 9.17) is 9.47 Å². The number of amides is 1. The minimum Gasteiger partial charge on any atom is -0.497 e. The number of carbonyl (C=O) groups is 1. The van der Waals surface area contributed by atoms with Gasteiger partial charge in [-0.3, -0.25) is 19.2 Å². The van der Waals surface area contributed by atoms with Gasteiger partial charge in [0, 0.05) is 34.8 Å². The highest BCUT2D eigenvalue weighted by atomic mass is 32.2. The van der Waals surface area contributed by atoms with Crippen LogP contribution in [0.5, 0.6) is 11.5 Å². The fraction of sp³-hybridized carbons (Fsp3) is 0.172. The van der Waals surface area contributed by atoms with Crippen molar-refractivity contribution in [1.82, 2.24) is 9.99 Å². The molecule has 0 unspecified atom stereocenters. The quantitative estimate of drug-likeness (QED) is 0.150. The maximum Gasteiger partial charge on any atom is 0.289 e. The van der Waals surface area contributed by atoms with Gasteiger partial charge in [-0.1, -0.05) is 12.1 Å². The number of rotatable bonds is 11. The Labute approximate surface area is 247 Å². The second-order valence-electron chi connectivity index (χ2n) is 9.21. The van der Waals surface area contributed by atoms with Crippen LogP contribution in [0.15, 0.2) is 82.8 Å². The Balaban J connectivity index is 1.65. The smallest absolute Gasteiger partial charge is 0.289 e. The Morgan fingerprint density at radius 3 is 2.42 bits per heavy atom. The van der Waals surface area contributed by atoms with Gasteiger partial charge in [0.2, 0.25) is 0 Å². The third-order valence-electron chi connectivity index (χ3n) is 6.52. The lowest BCUT2D eigenvalue weighted by Gasteiger charge is -2.25. The molecule has 224 valence electrons. The number of nitro benzene ring substituents is 1. The second-order valence-corrected chi connectivity index (χ2v) is 11.0.